The molecule has 0 aliphatic carbocycles. The lowest BCUT2D eigenvalue weighted by Gasteiger charge is -2.27. The van der Waals surface area contributed by atoms with Crippen LogP contribution in [0.4, 0.5) is 13.2 Å². The zero-order valence-corrected chi connectivity index (χ0v) is 12.7. The van der Waals surface area contributed by atoms with E-state index in [1.165, 1.54) is 6.20 Å². The van der Waals surface area contributed by atoms with Gasteiger partial charge in [-0.05, 0) is 12.1 Å². The van der Waals surface area contributed by atoms with Crippen molar-refractivity contribution in [2.75, 3.05) is 6.54 Å². The Morgan fingerprint density at radius 3 is 2.88 bits per heavy atom. The van der Waals surface area contributed by atoms with Gasteiger partial charge >= 0.3 is 6.18 Å². The second-order valence-corrected chi connectivity index (χ2v) is 5.82. The predicted molar refractivity (Wildman–Crippen MR) is 80.0 cm³/mol. The predicted octanol–water partition coefficient (Wildman–Crippen LogP) is 2.70. The summed E-state index contributed by atoms with van der Waals surface area (Å²) in [5, 5.41) is 4.31. The fourth-order valence-electron chi connectivity index (χ4n) is 3.00. The SMILES string of the molecule is FC(F)(F)c1ncc2c(n1)CCN(Cc1cnn3ccccc13)C2. The zero-order valence-electron chi connectivity index (χ0n) is 12.7. The fraction of sp³-hybridized carbons (Fsp3) is 0.312. The van der Waals surface area contributed by atoms with E-state index in [1.807, 2.05) is 35.1 Å². The van der Waals surface area contributed by atoms with E-state index >= 15 is 0 Å². The van der Waals surface area contributed by atoms with Crippen LogP contribution in [0, 0.1) is 0 Å². The Labute approximate surface area is 135 Å². The van der Waals surface area contributed by atoms with E-state index in [2.05, 4.69) is 20.0 Å². The van der Waals surface area contributed by atoms with Crippen molar-refractivity contribution < 1.29 is 13.2 Å². The summed E-state index contributed by atoms with van der Waals surface area (Å²) in [4.78, 5) is 9.32. The van der Waals surface area contributed by atoms with E-state index in [0.29, 0.717) is 31.7 Å². The number of alkyl halides is 3. The first-order valence-corrected chi connectivity index (χ1v) is 7.56. The molecule has 0 amide bonds. The van der Waals surface area contributed by atoms with E-state index < -0.39 is 12.0 Å². The van der Waals surface area contributed by atoms with Gasteiger partial charge in [-0.1, -0.05) is 6.07 Å². The van der Waals surface area contributed by atoms with Crippen molar-refractivity contribution in [3.8, 4) is 0 Å². The molecule has 0 unspecified atom stereocenters. The molecule has 0 atom stereocenters. The molecule has 0 radical (unpaired) electrons. The number of hydrogen-bond acceptors (Lipinski definition) is 4. The number of pyridine rings is 1. The lowest BCUT2D eigenvalue weighted by Crippen LogP contribution is -2.31. The molecule has 0 N–H and O–H groups in total. The highest BCUT2D eigenvalue weighted by Crippen LogP contribution is 2.28. The summed E-state index contributed by atoms with van der Waals surface area (Å²) in [7, 11) is 0. The summed E-state index contributed by atoms with van der Waals surface area (Å²) in [6.45, 7) is 1.89. The lowest BCUT2D eigenvalue weighted by atomic mass is 10.1. The number of rotatable bonds is 2. The molecule has 4 heterocycles. The van der Waals surface area contributed by atoms with E-state index in [1.54, 1.807) is 0 Å². The first-order valence-electron chi connectivity index (χ1n) is 7.56. The number of aromatic nitrogens is 4. The van der Waals surface area contributed by atoms with Crippen molar-refractivity contribution >= 4 is 5.52 Å². The number of fused-ring (bicyclic) bond motifs is 2. The molecule has 3 aromatic rings. The molecule has 1 aliphatic rings. The minimum atomic E-state index is -4.50. The quantitative estimate of drug-likeness (QED) is 0.723. The molecule has 8 heteroatoms. The summed E-state index contributed by atoms with van der Waals surface area (Å²) in [6, 6.07) is 5.87. The van der Waals surface area contributed by atoms with Crippen molar-refractivity contribution in [1.29, 1.82) is 0 Å². The third kappa shape index (κ3) is 2.73. The maximum absolute atomic E-state index is 12.7. The molecule has 5 nitrogen and oxygen atoms in total. The Morgan fingerprint density at radius 2 is 2.04 bits per heavy atom. The number of halogens is 3. The van der Waals surface area contributed by atoms with Gasteiger partial charge in [-0.15, -0.1) is 0 Å². The van der Waals surface area contributed by atoms with Crippen LogP contribution in [-0.2, 0) is 25.7 Å². The smallest absolute Gasteiger partial charge is 0.294 e. The van der Waals surface area contributed by atoms with Crippen molar-refractivity contribution in [2.45, 2.75) is 25.7 Å². The summed E-state index contributed by atoms with van der Waals surface area (Å²) in [5.41, 5.74) is 3.37. The van der Waals surface area contributed by atoms with Crippen LogP contribution in [-0.4, -0.2) is 31.0 Å². The van der Waals surface area contributed by atoms with Crippen LogP contribution in [0.3, 0.4) is 0 Å². The van der Waals surface area contributed by atoms with Gasteiger partial charge in [0, 0.05) is 49.6 Å². The molecule has 0 spiro atoms. The van der Waals surface area contributed by atoms with Gasteiger partial charge in [0.05, 0.1) is 17.4 Å². The molecule has 124 valence electrons. The maximum atomic E-state index is 12.7. The van der Waals surface area contributed by atoms with Crippen LogP contribution >= 0.6 is 0 Å². The average molecular weight is 333 g/mol. The van der Waals surface area contributed by atoms with Crippen molar-refractivity contribution in [1.82, 2.24) is 24.5 Å². The highest BCUT2D eigenvalue weighted by molar-refractivity contribution is 5.53. The molecular formula is C16H14F3N5. The van der Waals surface area contributed by atoms with E-state index in [0.717, 1.165) is 16.6 Å². The standard InChI is InChI=1S/C16H14F3N5/c17-16(18,19)15-20-7-11-9-23(6-4-13(11)22-15)10-12-8-21-24-5-2-1-3-14(12)24/h1-3,5,7-8H,4,6,9-10H2. The molecule has 0 bridgehead atoms. The highest BCUT2D eigenvalue weighted by atomic mass is 19.4. The Hall–Kier alpha value is -2.48. The van der Waals surface area contributed by atoms with Gasteiger partial charge in [-0.2, -0.15) is 18.3 Å². The molecule has 0 aromatic carbocycles. The van der Waals surface area contributed by atoms with E-state index in [9.17, 15) is 13.2 Å². The van der Waals surface area contributed by atoms with Gasteiger partial charge in [0.2, 0.25) is 5.82 Å². The monoisotopic (exact) mass is 333 g/mol. The molecular weight excluding hydrogens is 319 g/mol. The minimum Gasteiger partial charge on any atom is -0.294 e. The second-order valence-electron chi connectivity index (χ2n) is 5.82. The van der Waals surface area contributed by atoms with Gasteiger partial charge in [-0.25, -0.2) is 14.5 Å². The van der Waals surface area contributed by atoms with Crippen molar-refractivity contribution in [3.63, 3.8) is 0 Å². The normalized spacial score (nSPS) is 15.6. The lowest BCUT2D eigenvalue weighted by molar-refractivity contribution is -0.145. The second kappa shape index (κ2) is 5.55. The van der Waals surface area contributed by atoms with E-state index in [4.69, 9.17) is 0 Å². The molecule has 4 rings (SSSR count). The summed E-state index contributed by atoms with van der Waals surface area (Å²) < 4.78 is 39.9. The summed E-state index contributed by atoms with van der Waals surface area (Å²) >= 11 is 0. The first-order chi connectivity index (χ1) is 11.5. The van der Waals surface area contributed by atoms with Crippen LogP contribution in [0.15, 0.2) is 36.8 Å². The highest BCUT2D eigenvalue weighted by Gasteiger charge is 2.35. The molecule has 0 saturated heterocycles. The molecule has 0 fully saturated rings. The Morgan fingerprint density at radius 1 is 1.17 bits per heavy atom. The first kappa shape index (κ1) is 15.1. The summed E-state index contributed by atoms with van der Waals surface area (Å²) in [5.74, 6) is -1.06. The third-order valence-corrected chi connectivity index (χ3v) is 4.17. The van der Waals surface area contributed by atoms with Crippen LogP contribution in [0.1, 0.15) is 22.6 Å². The Kier molecular flexibility index (Phi) is 3.49. The summed E-state index contributed by atoms with van der Waals surface area (Å²) in [6.07, 6.45) is 1.00. The third-order valence-electron chi connectivity index (χ3n) is 4.17. The molecule has 3 aromatic heterocycles. The maximum Gasteiger partial charge on any atom is 0.451 e. The van der Waals surface area contributed by atoms with Gasteiger partial charge in [0.25, 0.3) is 0 Å². The molecule has 0 saturated carbocycles. The van der Waals surface area contributed by atoms with Crippen molar-refractivity contribution in [3.05, 3.63) is 59.4 Å². The average Bonchev–Trinajstić information content (AvgIpc) is 2.97. The molecule has 1 aliphatic heterocycles. The Bertz CT molecular complexity index is 887. The zero-order chi connectivity index (χ0) is 16.7. The van der Waals surface area contributed by atoms with Gasteiger partial charge < -0.3 is 0 Å². The largest absolute Gasteiger partial charge is 0.451 e. The van der Waals surface area contributed by atoms with Crippen LogP contribution in [0.2, 0.25) is 0 Å². The molecule has 24 heavy (non-hydrogen) atoms. The van der Waals surface area contributed by atoms with Gasteiger partial charge in [-0.3, -0.25) is 4.90 Å². The van der Waals surface area contributed by atoms with Crippen molar-refractivity contribution in [2.24, 2.45) is 0 Å². The van der Waals surface area contributed by atoms with Crippen LogP contribution in [0.5, 0.6) is 0 Å². The fourth-order valence-corrected chi connectivity index (χ4v) is 3.00. The van der Waals surface area contributed by atoms with Crippen LogP contribution in [0.25, 0.3) is 5.52 Å². The minimum absolute atomic E-state index is 0.486. The topological polar surface area (TPSA) is 46.3 Å². The van der Waals surface area contributed by atoms with Crippen LogP contribution < -0.4 is 0 Å². The van der Waals surface area contributed by atoms with E-state index in [-0.39, 0.29) is 0 Å². The van der Waals surface area contributed by atoms with Gasteiger partial charge in [0.1, 0.15) is 0 Å². The Balaban J connectivity index is 1.54. The van der Waals surface area contributed by atoms with Gasteiger partial charge in [0.15, 0.2) is 0 Å². The number of hydrogen-bond donors (Lipinski definition) is 0. The number of nitrogens with zero attached hydrogens (tertiary/aromatic N) is 5.